The first-order chi connectivity index (χ1) is 12.9. The highest BCUT2D eigenvalue weighted by molar-refractivity contribution is 5.66. The predicted molar refractivity (Wildman–Crippen MR) is 102 cm³/mol. The van der Waals surface area contributed by atoms with E-state index < -0.39 is 29.6 Å². The lowest BCUT2D eigenvalue weighted by atomic mass is 9.70. The summed E-state index contributed by atoms with van der Waals surface area (Å²) >= 11 is 0. The van der Waals surface area contributed by atoms with Gasteiger partial charge in [0, 0.05) is 6.92 Å². The van der Waals surface area contributed by atoms with Crippen molar-refractivity contribution in [2.75, 3.05) is 7.11 Å². The summed E-state index contributed by atoms with van der Waals surface area (Å²) in [5.41, 5.74) is -0.241. The zero-order chi connectivity index (χ0) is 20.0. The number of aliphatic hydroxyl groups excluding tert-OH is 1. The first-order valence-corrected chi connectivity index (χ1v) is 8.51. The topological polar surface area (TPSA) is 64.5 Å². The van der Waals surface area contributed by atoms with Gasteiger partial charge in [0.1, 0.15) is 11.9 Å². The maximum atomic E-state index is 11.5. The molecule has 1 aliphatic rings. The van der Waals surface area contributed by atoms with Crippen LogP contribution >= 0.6 is 0 Å². The van der Waals surface area contributed by atoms with Crippen LogP contribution in [-0.2, 0) is 16.0 Å². The summed E-state index contributed by atoms with van der Waals surface area (Å²) in [6.07, 6.45) is 2.21. The van der Waals surface area contributed by atoms with Crippen LogP contribution in [0.4, 0.5) is 0 Å². The standard InChI is InChI=1S/C21H23N2O4/c1-14(22-3)21(23-4,13-16-6-9-18(26-5)10-7-16)19-12-17(25)8-11-20(19)27-15(2)24/h3,6-11,17,19-20,25H,1,12-13H2,2,5H3/q+1/t17-,19-,20-,21?/m0/s1. The molecule has 6 heteroatoms. The van der Waals surface area contributed by atoms with Crippen LogP contribution in [0.1, 0.15) is 18.9 Å². The molecular weight excluding hydrogens is 344 g/mol. The lowest BCUT2D eigenvalue weighted by Crippen LogP contribution is -2.48. The third kappa shape index (κ3) is 4.36. The Morgan fingerprint density at radius 2 is 2.07 bits per heavy atom. The first-order valence-electron chi connectivity index (χ1n) is 8.51. The molecule has 0 saturated heterocycles. The summed E-state index contributed by atoms with van der Waals surface area (Å²) in [5, 5.41) is 10.1. The van der Waals surface area contributed by atoms with Crippen molar-refractivity contribution in [1.29, 1.82) is 0 Å². The molecular formula is C21H23N2O4+. The number of rotatable bonds is 6. The third-order valence-corrected chi connectivity index (χ3v) is 4.82. The highest BCUT2D eigenvalue weighted by Crippen LogP contribution is 2.42. The van der Waals surface area contributed by atoms with Crippen molar-refractivity contribution in [3.8, 4) is 12.3 Å². The van der Waals surface area contributed by atoms with E-state index in [-0.39, 0.29) is 18.5 Å². The van der Waals surface area contributed by atoms with Crippen LogP contribution in [0.25, 0.3) is 9.69 Å². The lowest BCUT2D eigenvalue weighted by Gasteiger charge is -2.34. The molecule has 1 unspecified atom stereocenters. The summed E-state index contributed by atoms with van der Waals surface area (Å²) < 4.78 is 10.6. The Labute approximate surface area is 159 Å². The number of hydrogen-bond acceptors (Lipinski definition) is 4. The van der Waals surface area contributed by atoms with Crippen molar-refractivity contribution in [3.63, 3.8) is 0 Å². The van der Waals surface area contributed by atoms with Crippen molar-refractivity contribution in [3.05, 3.63) is 70.5 Å². The van der Waals surface area contributed by atoms with Gasteiger partial charge in [-0.3, -0.25) is 9.64 Å². The number of methoxy groups -OCH3 is 1. The van der Waals surface area contributed by atoms with E-state index in [2.05, 4.69) is 16.3 Å². The molecule has 0 radical (unpaired) electrons. The minimum Gasteiger partial charge on any atom is -0.497 e. The Balaban J connectivity index is 2.49. The van der Waals surface area contributed by atoms with Crippen molar-refractivity contribution in [1.82, 2.24) is 0 Å². The Kier molecular flexibility index (Phi) is 6.39. The van der Waals surface area contributed by atoms with Crippen LogP contribution in [0, 0.1) is 19.1 Å². The summed E-state index contributed by atoms with van der Waals surface area (Å²) in [7, 11) is 1.58. The summed E-state index contributed by atoms with van der Waals surface area (Å²) in [5.74, 6) is -0.325. The number of hydrogen-bond donors (Lipinski definition) is 1. The van der Waals surface area contributed by atoms with Crippen LogP contribution in [0.3, 0.4) is 0 Å². The molecule has 1 aromatic carbocycles. The van der Waals surface area contributed by atoms with E-state index >= 15 is 0 Å². The molecule has 0 bridgehead atoms. The van der Waals surface area contributed by atoms with E-state index in [0.29, 0.717) is 5.75 Å². The summed E-state index contributed by atoms with van der Waals surface area (Å²) in [4.78, 5) is 19.1. The highest BCUT2D eigenvalue weighted by Gasteiger charge is 2.59. The summed E-state index contributed by atoms with van der Waals surface area (Å²) in [6.45, 7) is 18.6. The van der Waals surface area contributed by atoms with Crippen LogP contribution < -0.4 is 4.74 Å². The molecule has 2 rings (SSSR count). The average Bonchev–Trinajstić information content (AvgIpc) is 2.67. The molecule has 4 atom stereocenters. The number of benzene rings is 1. The van der Waals surface area contributed by atoms with Crippen molar-refractivity contribution in [2.24, 2.45) is 5.92 Å². The molecule has 0 amide bonds. The van der Waals surface area contributed by atoms with Crippen molar-refractivity contribution in [2.45, 2.75) is 37.5 Å². The largest absolute Gasteiger partial charge is 0.497 e. The second kappa shape index (κ2) is 8.53. The number of carbonyl (C=O) groups excluding carboxylic acids is 1. The van der Waals surface area contributed by atoms with Crippen molar-refractivity contribution >= 4 is 5.97 Å². The van der Waals surface area contributed by atoms with Crippen LogP contribution in [0.15, 0.2) is 48.7 Å². The van der Waals surface area contributed by atoms with Gasteiger partial charge in [0.15, 0.2) is 0 Å². The van der Waals surface area contributed by atoms with Gasteiger partial charge in [-0.2, -0.15) is 0 Å². The average molecular weight is 367 g/mol. The molecule has 1 N–H and O–H groups in total. The van der Waals surface area contributed by atoms with Gasteiger partial charge >= 0.3 is 17.2 Å². The fraction of sp³-hybridized carbons (Fsp3) is 0.381. The molecule has 0 aliphatic heterocycles. The van der Waals surface area contributed by atoms with E-state index in [1.165, 1.54) is 6.92 Å². The number of carbonyl (C=O) groups is 1. The molecule has 0 saturated carbocycles. The molecule has 0 fully saturated rings. The van der Waals surface area contributed by atoms with Gasteiger partial charge in [-0.1, -0.05) is 18.2 Å². The second-order valence-electron chi connectivity index (χ2n) is 6.51. The molecule has 6 nitrogen and oxygen atoms in total. The number of nitrogens with zero attached hydrogens (tertiary/aromatic N) is 2. The first kappa shape index (κ1) is 20.2. The number of esters is 1. The SMILES string of the molecule is [C-]#[N+]C(Cc1ccc(OC)cc1)(C(=C)[N+]#C)[C@H]1C[C@@H](O)C=C[C@@H]1OC(C)=O. The fourth-order valence-corrected chi connectivity index (χ4v) is 3.42. The van der Waals surface area contributed by atoms with Gasteiger partial charge in [-0.05, 0) is 41.6 Å². The van der Waals surface area contributed by atoms with Gasteiger partial charge in [0.25, 0.3) is 6.57 Å². The van der Waals surface area contributed by atoms with E-state index in [0.717, 1.165) is 5.56 Å². The Morgan fingerprint density at radius 1 is 1.41 bits per heavy atom. The highest BCUT2D eigenvalue weighted by atomic mass is 16.5. The predicted octanol–water partition coefficient (Wildman–Crippen LogP) is 3.24. The smallest absolute Gasteiger partial charge is 0.394 e. The van der Waals surface area contributed by atoms with Crippen molar-refractivity contribution < 1.29 is 19.4 Å². The molecule has 0 spiro atoms. The van der Waals surface area contributed by atoms with Crippen LogP contribution in [0.5, 0.6) is 5.75 Å². The fourth-order valence-electron chi connectivity index (χ4n) is 3.42. The zero-order valence-electron chi connectivity index (χ0n) is 15.5. The van der Waals surface area contributed by atoms with Crippen LogP contribution in [-0.4, -0.2) is 35.9 Å². The normalized spacial score (nSPS) is 23.4. The van der Waals surface area contributed by atoms with Gasteiger partial charge < -0.3 is 14.6 Å². The van der Waals surface area contributed by atoms with Gasteiger partial charge in [-0.15, -0.1) is 0 Å². The van der Waals surface area contributed by atoms with E-state index in [9.17, 15) is 9.90 Å². The number of ether oxygens (including phenoxy) is 2. The van der Waals surface area contributed by atoms with Gasteiger partial charge in [-0.25, -0.2) is 6.57 Å². The Bertz CT molecular complexity index is 816. The Morgan fingerprint density at radius 3 is 2.59 bits per heavy atom. The zero-order valence-corrected chi connectivity index (χ0v) is 15.5. The number of aliphatic hydroxyl groups is 1. The van der Waals surface area contributed by atoms with E-state index in [1.54, 1.807) is 31.4 Å². The molecule has 140 valence electrons. The summed E-state index contributed by atoms with van der Waals surface area (Å²) in [6, 6.07) is 7.29. The third-order valence-electron chi connectivity index (χ3n) is 4.82. The monoisotopic (exact) mass is 367 g/mol. The van der Waals surface area contributed by atoms with Crippen LogP contribution in [0.2, 0.25) is 0 Å². The quantitative estimate of drug-likeness (QED) is 0.476. The maximum absolute atomic E-state index is 11.5. The van der Waals surface area contributed by atoms with Gasteiger partial charge in [0.2, 0.25) is 0 Å². The molecule has 0 aromatic heterocycles. The second-order valence-corrected chi connectivity index (χ2v) is 6.51. The van der Waals surface area contributed by atoms with E-state index in [1.807, 2.05) is 12.1 Å². The lowest BCUT2D eigenvalue weighted by molar-refractivity contribution is -0.148. The molecule has 0 heterocycles. The molecule has 1 aromatic rings. The maximum Gasteiger partial charge on any atom is 0.394 e. The molecule has 1 aliphatic carbocycles. The Hall–Kier alpha value is -3.09. The van der Waals surface area contributed by atoms with E-state index in [4.69, 9.17) is 22.6 Å². The minimum atomic E-state index is -1.27. The van der Waals surface area contributed by atoms with Gasteiger partial charge in [0.05, 0.1) is 25.6 Å². The molecule has 27 heavy (non-hydrogen) atoms. The minimum absolute atomic E-state index is 0.179.